The Morgan fingerprint density at radius 3 is 1.11 bits per heavy atom. The second kappa shape index (κ2) is 26.0. The summed E-state index contributed by atoms with van der Waals surface area (Å²) in [5.74, 6) is -6.89. The van der Waals surface area contributed by atoms with Crippen molar-refractivity contribution in [1.29, 1.82) is 0 Å². The van der Waals surface area contributed by atoms with E-state index in [9.17, 15) is 60.8 Å². The van der Waals surface area contributed by atoms with E-state index in [1.54, 1.807) is 36.4 Å². The molecule has 0 saturated carbocycles. The molecule has 460 valence electrons. The van der Waals surface area contributed by atoms with E-state index in [1.165, 1.54) is 55.8 Å². The molecule has 32 heteroatoms. The third-order valence-corrected chi connectivity index (χ3v) is 15.4. The summed E-state index contributed by atoms with van der Waals surface area (Å²) in [4.78, 5) is 82.3. The molecule has 1 atom stereocenters. The van der Waals surface area contributed by atoms with Crippen LogP contribution in [-0.2, 0) is 16.3 Å². The fourth-order valence-electron chi connectivity index (χ4n) is 9.27. The van der Waals surface area contributed by atoms with Crippen LogP contribution in [-0.4, -0.2) is 92.3 Å². The van der Waals surface area contributed by atoms with Crippen molar-refractivity contribution in [1.82, 2.24) is 44.9 Å². The molecule has 0 spiro atoms. The number of hydrogen-bond donors (Lipinski definition) is 9. The summed E-state index contributed by atoms with van der Waals surface area (Å²) in [6, 6.07) is 16.2. The van der Waals surface area contributed by atoms with Gasteiger partial charge in [-0.1, -0.05) is 69.6 Å². The molecule has 9 heterocycles. The average molecular weight is 1360 g/mol. The Morgan fingerprint density at radius 1 is 0.489 bits per heavy atom. The van der Waals surface area contributed by atoms with E-state index < -0.39 is 42.2 Å². The van der Waals surface area contributed by atoms with Gasteiger partial charge in [0, 0.05) is 112 Å². The van der Waals surface area contributed by atoms with Gasteiger partial charge >= 0.3 is 6.43 Å². The lowest BCUT2D eigenvalue weighted by Gasteiger charge is -2.26. The summed E-state index contributed by atoms with van der Waals surface area (Å²) in [5.41, 5.74) is -0.329. The highest BCUT2D eigenvalue weighted by atomic mass is 35.5. The first-order chi connectivity index (χ1) is 42.8. The number of carbonyl (C=O) groups excluding carboxylic acids is 1. The number of aromatic nitrogens is 9. The van der Waals surface area contributed by atoms with Crippen molar-refractivity contribution in [3.05, 3.63) is 206 Å². The van der Waals surface area contributed by atoms with Crippen molar-refractivity contribution in [2.45, 2.75) is 30.9 Å². The van der Waals surface area contributed by atoms with E-state index in [0.717, 1.165) is 43.5 Å². The third kappa shape index (κ3) is 12.5. The van der Waals surface area contributed by atoms with Crippen LogP contribution >= 0.6 is 69.6 Å². The zero-order valence-corrected chi connectivity index (χ0v) is 49.5. The maximum atomic E-state index is 13.3. The summed E-state index contributed by atoms with van der Waals surface area (Å²) in [6.45, 7) is 0. The summed E-state index contributed by atoms with van der Waals surface area (Å²) in [7, 11) is 0.942. The Bertz CT molecular complexity index is 4970. The van der Waals surface area contributed by atoms with Gasteiger partial charge in [0.15, 0.2) is 0 Å². The van der Waals surface area contributed by atoms with Crippen molar-refractivity contribution in [2.24, 2.45) is 0 Å². The number of hydrogen-bond acceptors (Lipinski definition) is 17. The lowest BCUT2D eigenvalue weighted by Crippen LogP contribution is -2.36. The topological polar surface area (TPSA) is 299 Å². The molecule has 0 saturated heterocycles. The van der Waals surface area contributed by atoms with Crippen LogP contribution in [0.25, 0.3) is 65.0 Å². The molecule has 0 radical (unpaired) electrons. The van der Waals surface area contributed by atoms with Gasteiger partial charge in [0.2, 0.25) is 5.78 Å². The molecular weight excluding hydrogens is 1320 g/mol. The van der Waals surface area contributed by atoms with Crippen molar-refractivity contribution >= 4 is 175 Å². The van der Waals surface area contributed by atoms with Crippen molar-refractivity contribution in [2.75, 3.05) is 23.1 Å². The predicted molar refractivity (Wildman–Crippen MR) is 332 cm³/mol. The zero-order valence-electron chi connectivity index (χ0n) is 45.0. The molecule has 3 aromatic carbocycles. The largest absolute Gasteiger partial charge is 0.358 e. The van der Waals surface area contributed by atoms with E-state index in [4.69, 9.17) is 69.6 Å². The van der Waals surface area contributed by atoms with Crippen LogP contribution in [0.2, 0.25) is 30.1 Å². The Morgan fingerprint density at radius 2 is 0.811 bits per heavy atom. The van der Waals surface area contributed by atoms with E-state index in [2.05, 4.69) is 65.5 Å². The molecule has 12 aromatic rings. The maximum Gasteiger partial charge on any atom is 0.300 e. The molecule has 1 unspecified atom stereocenters. The molecule has 20 nitrogen and oxygen atoms in total. The minimum absolute atomic E-state index is 0.0453. The lowest BCUT2D eigenvalue weighted by molar-refractivity contribution is -0.265. The first-order valence-electron chi connectivity index (χ1n) is 25.5. The molecule has 0 aliphatic heterocycles. The summed E-state index contributed by atoms with van der Waals surface area (Å²) in [5, 5.41) is 41.7. The van der Waals surface area contributed by atoms with Gasteiger partial charge in [-0.3, -0.25) is 34.1 Å². The average Bonchev–Trinajstić information content (AvgIpc) is 0.817. The molecule has 0 bridgehead atoms. The first-order valence-corrected chi connectivity index (χ1v) is 27.7. The van der Waals surface area contributed by atoms with Gasteiger partial charge < -0.3 is 51.0 Å². The van der Waals surface area contributed by atoms with Crippen LogP contribution in [0.1, 0.15) is 21.5 Å². The fraction of sp³-hybridized carbons (Fsp3) is 0.103. The number of methoxy groups -OCH3 is 1. The quantitative estimate of drug-likeness (QED) is 0.0224. The highest BCUT2D eigenvalue weighted by Crippen LogP contribution is 2.43. The Kier molecular flexibility index (Phi) is 18.5. The lowest BCUT2D eigenvalue weighted by atomic mass is 10.1. The molecule has 9 aromatic heterocycles. The number of fused-ring (bicyclic) bond motifs is 9. The first kappa shape index (κ1) is 64.2. The van der Waals surface area contributed by atoms with Crippen LogP contribution < -0.4 is 32.6 Å². The number of alkyl halides is 6. The number of anilines is 6. The predicted octanol–water partition coefficient (Wildman–Crippen LogP) is 13.5. The van der Waals surface area contributed by atoms with Crippen molar-refractivity contribution in [3.63, 3.8) is 0 Å². The van der Waals surface area contributed by atoms with E-state index in [1.807, 2.05) is 0 Å². The Labute approximate surface area is 528 Å². The molecular formula is C58H36Cl6F6N12O8. The number of H-pyrrole nitrogens is 3. The van der Waals surface area contributed by atoms with Gasteiger partial charge in [-0.25, -0.2) is 41.3 Å². The van der Waals surface area contributed by atoms with Crippen LogP contribution in [0.3, 0.4) is 0 Å². The van der Waals surface area contributed by atoms with E-state index >= 15 is 0 Å². The number of halogens is 12. The van der Waals surface area contributed by atoms with Gasteiger partial charge in [0.05, 0.1) is 79.9 Å². The van der Waals surface area contributed by atoms with Crippen LogP contribution in [0.15, 0.2) is 143 Å². The molecule has 0 aliphatic rings. The van der Waals surface area contributed by atoms with Crippen LogP contribution in [0, 0.1) is 0 Å². The number of carbonyl (C=O) groups is 1. The second-order valence-electron chi connectivity index (χ2n) is 19.1. The summed E-state index contributed by atoms with van der Waals surface area (Å²) >= 11 is 37.3. The number of aromatic amines is 3. The summed E-state index contributed by atoms with van der Waals surface area (Å²) in [6.07, 6.45) is 3.66. The zero-order chi connectivity index (χ0) is 64.7. The summed E-state index contributed by atoms with van der Waals surface area (Å²) < 4.78 is 82.4. The highest BCUT2D eigenvalue weighted by Gasteiger charge is 2.41. The maximum absolute atomic E-state index is 13.3. The van der Waals surface area contributed by atoms with Gasteiger partial charge in [-0.15, -0.1) is 0 Å². The minimum atomic E-state index is -3.48. The number of ether oxygens (including phenoxy) is 1. The van der Waals surface area contributed by atoms with Crippen LogP contribution in [0.5, 0.6) is 0 Å². The number of pyridine rings is 9. The number of nitrogens with one attached hydrogen (secondary N) is 6. The number of Topliss-reactive ketones (excluding diaryl/α,β-unsaturated/α-hetero) is 1. The molecule has 90 heavy (non-hydrogen) atoms. The van der Waals surface area contributed by atoms with Crippen molar-refractivity contribution < 1.29 is 51.2 Å². The normalized spacial score (nSPS) is 12.4. The number of nitrogens with zero attached hydrogens (tertiary/aromatic N) is 6. The molecule has 0 fully saturated rings. The fourth-order valence-corrected chi connectivity index (χ4v) is 11.0. The number of ketones is 1. The molecule has 0 amide bonds. The van der Waals surface area contributed by atoms with Gasteiger partial charge in [-0.2, -0.15) is 0 Å². The standard InChI is InChI=1S/C20H14Cl2F2N4O3.C19H12Cl2F2N4O3.C19H10Cl2F2N4O2/c1-31-20(30,19(23)24)9-6-12(21)16(13(22)7-9)28-17-10-2-5-26-18(29)15(10)11-8-25-4-3-14(11)27-17;20-11-5-8(19(29,30)18(22)23)6-12(21)15(11)27-16-9-1-4-25-17(28)14(9)10-7-24-3-2-13(10)26-16;20-11-5-8(16(28)17(22)23)6-12(21)15(11)27-18-9-1-4-25-19(29)14(9)10-7-24-3-2-13(10)26-18/h2-8,19,30H,1H3,(H,26,29)(H,27,28);1-7,18,29-30H,(H,25,28)(H,26,27);1-7,17H,(H,25,29)(H,26,27). The number of benzene rings is 3. The SMILES string of the molecule is COC(O)(c1cc(Cl)c(Nc2nc3ccncc3c3c(=O)[nH]ccc23)c(Cl)c1)C(F)F.O=C(c1cc(Cl)c(Nc2nc3ccncc3c3c(=O)[nH]ccc23)c(Cl)c1)C(F)F.O=c1[nH]ccc2c(Nc3c(Cl)cc(C(O)(O)C(F)F)cc3Cl)nc3ccncc3c12. The minimum Gasteiger partial charge on any atom is -0.358 e. The molecule has 9 N–H and O–H groups in total. The Hall–Kier alpha value is -8.80. The van der Waals surface area contributed by atoms with E-state index in [0.29, 0.717) is 65.0 Å². The highest BCUT2D eigenvalue weighted by molar-refractivity contribution is 6.41. The number of aliphatic hydroxyl groups is 3. The monoisotopic (exact) mass is 1350 g/mol. The smallest absolute Gasteiger partial charge is 0.300 e. The van der Waals surface area contributed by atoms with Crippen molar-refractivity contribution in [3.8, 4) is 0 Å². The van der Waals surface area contributed by atoms with Gasteiger partial charge in [-0.05, 0) is 72.8 Å². The second-order valence-corrected chi connectivity index (χ2v) is 21.5. The van der Waals surface area contributed by atoms with Crippen LogP contribution in [0.4, 0.5) is 60.9 Å². The molecule has 0 aliphatic carbocycles. The van der Waals surface area contributed by atoms with E-state index in [-0.39, 0.29) is 92.5 Å². The third-order valence-electron chi connectivity index (χ3n) is 13.6. The van der Waals surface area contributed by atoms with Gasteiger partial charge in [0.25, 0.3) is 41.1 Å². The van der Waals surface area contributed by atoms with Gasteiger partial charge in [0.1, 0.15) is 17.5 Å². The molecule has 12 rings (SSSR count). The number of rotatable bonds is 13. The Balaban J connectivity index is 0.000000149.